The van der Waals surface area contributed by atoms with Crippen molar-refractivity contribution in [2.75, 3.05) is 31.6 Å². The summed E-state index contributed by atoms with van der Waals surface area (Å²) >= 11 is 0. The topological polar surface area (TPSA) is 118 Å². The number of rotatable bonds is 4. The number of halogens is 3. The molecule has 5 rings (SSSR count). The summed E-state index contributed by atoms with van der Waals surface area (Å²) in [5.74, 6) is -2.28. The van der Waals surface area contributed by atoms with Crippen LogP contribution >= 0.6 is 0 Å². The summed E-state index contributed by atoms with van der Waals surface area (Å²) < 4.78 is 37.1. The summed E-state index contributed by atoms with van der Waals surface area (Å²) in [5, 5.41) is 11.3. The number of alkyl halides is 3. The second kappa shape index (κ2) is 11.9. The molecule has 4 aromatic rings. The number of carboxylic acids is 1. The molecule has 1 saturated heterocycles. The molecule has 2 N–H and O–H groups in total. The number of anilines is 2. The molecule has 0 unspecified atom stereocenters. The first-order chi connectivity index (χ1) is 18.6. The van der Waals surface area contributed by atoms with Crippen LogP contribution in [0.15, 0.2) is 67.0 Å². The number of nitrogens with zero attached hydrogens (tertiary/aromatic N) is 4. The molecule has 9 nitrogen and oxygen atoms in total. The first kappa shape index (κ1) is 27.5. The monoisotopic (exact) mass is 539 g/mol. The van der Waals surface area contributed by atoms with Gasteiger partial charge in [-0.05, 0) is 31.2 Å². The van der Waals surface area contributed by atoms with Gasteiger partial charge in [0.2, 0.25) is 5.95 Å². The van der Waals surface area contributed by atoms with Gasteiger partial charge in [-0.1, -0.05) is 30.3 Å². The van der Waals surface area contributed by atoms with E-state index >= 15 is 0 Å². The smallest absolute Gasteiger partial charge is 0.475 e. The largest absolute Gasteiger partial charge is 0.490 e. The van der Waals surface area contributed by atoms with Crippen LogP contribution in [0.4, 0.5) is 24.8 Å². The fourth-order valence-corrected chi connectivity index (χ4v) is 3.78. The molecule has 2 aromatic carbocycles. The maximum atomic E-state index is 12.8. The van der Waals surface area contributed by atoms with Crippen LogP contribution in [0.3, 0.4) is 0 Å². The van der Waals surface area contributed by atoms with E-state index < -0.39 is 12.1 Å². The van der Waals surface area contributed by atoms with E-state index in [0.717, 1.165) is 33.4 Å². The minimum absolute atomic E-state index is 0.00513. The number of aromatic nitrogens is 3. The number of nitrogens with one attached hydrogen (secondary N) is 1. The summed E-state index contributed by atoms with van der Waals surface area (Å²) in [6.45, 7) is 4.34. The molecule has 1 aliphatic heterocycles. The van der Waals surface area contributed by atoms with E-state index in [0.29, 0.717) is 37.8 Å². The zero-order valence-corrected chi connectivity index (χ0v) is 20.8. The Bertz CT molecular complexity index is 1470. The number of para-hydroxylation sites is 1. The number of aryl methyl sites for hydroxylation is 1. The number of carboxylic acid groups (broad SMARTS) is 1. The van der Waals surface area contributed by atoms with Crippen molar-refractivity contribution < 1.29 is 32.6 Å². The van der Waals surface area contributed by atoms with E-state index in [2.05, 4.69) is 15.3 Å². The molecular formula is C27H24F3N5O4. The van der Waals surface area contributed by atoms with Crippen molar-refractivity contribution >= 4 is 34.4 Å². The lowest BCUT2D eigenvalue weighted by molar-refractivity contribution is -0.192. The van der Waals surface area contributed by atoms with Crippen LogP contribution in [0.25, 0.3) is 22.0 Å². The highest BCUT2D eigenvalue weighted by Gasteiger charge is 2.38. The van der Waals surface area contributed by atoms with Crippen molar-refractivity contribution in [2.24, 2.45) is 0 Å². The van der Waals surface area contributed by atoms with Crippen molar-refractivity contribution in [3.05, 3.63) is 78.2 Å². The van der Waals surface area contributed by atoms with Crippen molar-refractivity contribution in [3.8, 4) is 11.1 Å². The molecule has 0 atom stereocenters. The molecule has 0 spiro atoms. The molecule has 202 valence electrons. The molecular weight excluding hydrogens is 515 g/mol. The van der Waals surface area contributed by atoms with Gasteiger partial charge in [0.05, 0.1) is 18.7 Å². The van der Waals surface area contributed by atoms with Crippen LogP contribution < -0.4 is 5.32 Å². The SMILES string of the molecule is Cc1ccc(-c2cccc3cnc(Nc4cccc(C(=O)N5CCOCC5)c4)nc23)cn1.O=C(O)C(F)(F)F. The van der Waals surface area contributed by atoms with E-state index in [9.17, 15) is 18.0 Å². The second-order valence-electron chi connectivity index (χ2n) is 8.54. The van der Waals surface area contributed by atoms with Crippen molar-refractivity contribution in [2.45, 2.75) is 13.1 Å². The number of pyridine rings is 1. The molecule has 0 saturated carbocycles. The standard InChI is InChI=1S/C25H23N5O2.C2HF3O2/c1-17-8-9-19(15-26-17)22-7-3-5-20-16-27-25(29-23(20)22)28-21-6-2-4-18(14-21)24(31)30-10-12-32-13-11-30;3-2(4,5)1(6)7/h2-9,14-16H,10-13H2,1H3,(H,27,28,29);(H,6,7). The lowest BCUT2D eigenvalue weighted by atomic mass is 10.0. The average molecular weight is 540 g/mol. The van der Waals surface area contributed by atoms with Gasteiger partial charge in [0.1, 0.15) is 0 Å². The maximum Gasteiger partial charge on any atom is 0.490 e. The Labute approximate surface area is 221 Å². The lowest BCUT2D eigenvalue weighted by Crippen LogP contribution is -2.40. The highest BCUT2D eigenvalue weighted by molar-refractivity contribution is 5.96. The van der Waals surface area contributed by atoms with Crippen LogP contribution in [0, 0.1) is 6.92 Å². The predicted molar refractivity (Wildman–Crippen MR) is 138 cm³/mol. The fraction of sp³-hybridized carbons (Fsp3) is 0.222. The zero-order chi connectivity index (χ0) is 28.0. The molecule has 1 amide bonds. The Morgan fingerprint density at radius 2 is 1.72 bits per heavy atom. The Balaban J connectivity index is 0.000000448. The van der Waals surface area contributed by atoms with Crippen molar-refractivity contribution in [1.29, 1.82) is 0 Å². The van der Waals surface area contributed by atoms with E-state index in [1.165, 1.54) is 0 Å². The van der Waals surface area contributed by atoms with E-state index in [1.54, 1.807) is 6.20 Å². The Kier molecular flexibility index (Phi) is 8.35. The Hall–Kier alpha value is -4.58. The van der Waals surface area contributed by atoms with E-state index in [1.807, 2.05) is 72.6 Å². The van der Waals surface area contributed by atoms with Gasteiger partial charge < -0.3 is 20.1 Å². The zero-order valence-electron chi connectivity index (χ0n) is 20.8. The van der Waals surface area contributed by atoms with Crippen LogP contribution in [-0.4, -0.2) is 69.3 Å². The van der Waals surface area contributed by atoms with Gasteiger partial charge >= 0.3 is 12.1 Å². The summed E-state index contributed by atoms with van der Waals surface area (Å²) in [5.41, 5.74) is 5.20. The van der Waals surface area contributed by atoms with Gasteiger partial charge in [0.15, 0.2) is 0 Å². The molecule has 1 fully saturated rings. The number of ether oxygens (including phenoxy) is 1. The molecule has 39 heavy (non-hydrogen) atoms. The average Bonchev–Trinajstić information content (AvgIpc) is 2.93. The lowest BCUT2D eigenvalue weighted by Gasteiger charge is -2.27. The number of benzene rings is 2. The number of fused-ring (bicyclic) bond motifs is 1. The van der Waals surface area contributed by atoms with Crippen molar-refractivity contribution in [1.82, 2.24) is 19.9 Å². The van der Waals surface area contributed by atoms with Gasteiger partial charge in [-0.15, -0.1) is 0 Å². The minimum atomic E-state index is -5.08. The normalized spacial score (nSPS) is 13.4. The summed E-state index contributed by atoms with van der Waals surface area (Å²) in [4.78, 5) is 37.2. The van der Waals surface area contributed by atoms with Crippen LogP contribution in [-0.2, 0) is 9.53 Å². The third kappa shape index (κ3) is 7.05. The number of morpholine rings is 1. The maximum absolute atomic E-state index is 12.8. The van der Waals surface area contributed by atoms with Gasteiger partial charge in [0.25, 0.3) is 5.91 Å². The molecule has 0 radical (unpaired) electrons. The molecule has 3 heterocycles. The number of hydrogen-bond donors (Lipinski definition) is 2. The van der Waals surface area contributed by atoms with Gasteiger partial charge in [-0.3, -0.25) is 9.78 Å². The Morgan fingerprint density at radius 3 is 2.38 bits per heavy atom. The van der Waals surface area contributed by atoms with Crippen LogP contribution in [0.2, 0.25) is 0 Å². The molecule has 0 bridgehead atoms. The number of hydrogen-bond acceptors (Lipinski definition) is 7. The highest BCUT2D eigenvalue weighted by atomic mass is 19.4. The third-order valence-electron chi connectivity index (χ3n) is 5.74. The summed E-state index contributed by atoms with van der Waals surface area (Å²) in [6.07, 6.45) is -1.42. The van der Waals surface area contributed by atoms with Crippen LogP contribution in [0.5, 0.6) is 0 Å². The second-order valence-corrected chi connectivity index (χ2v) is 8.54. The molecule has 12 heteroatoms. The summed E-state index contributed by atoms with van der Waals surface area (Å²) in [7, 11) is 0. The van der Waals surface area contributed by atoms with Crippen LogP contribution in [0.1, 0.15) is 16.1 Å². The first-order valence-electron chi connectivity index (χ1n) is 11.8. The number of aliphatic carboxylic acids is 1. The quantitative estimate of drug-likeness (QED) is 0.378. The number of carbonyl (C=O) groups is 2. The van der Waals surface area contributed by atoms with Gasteiger partial charge in [0, 0.05) is 58.9 Å². The van der Waals surface area contributed by atoms with Gasteiger partial charge in [-0.2, -0.15) is 13.2 Å². The Morgan fingerprint density at radius 1 is 1.00 bits per heavy atom. The molecule has 0 aliphatic carbocycles. The predicted octanol–water partition coefficient (Wildman–Crippen LogP) is 4.85. The van der Waals surface area contributed by atoms with E-state index in [-0.39, 0.29) is 5.91 Å². The highest BCUT2D eigenvalue weighted by Crippen LogP contribution is 2.28. The molecule has 1 aliphatic rings. The van der Waals surface area contributed by atoms with Crippen molar-refractivity contribution in [3.63, 3.8) is 0 Å². The third-order valence-corrected chi connectivity index (χ3v) is 5.74. The minimum Gasteiger partial charge on any atom is -0.475 e. The summed E-state index contributed by atoms with van der Waals surface area (Å²) in [6, 6.07) is 17.5. The molecule has 2 aromatic heterocycles. The van der Waals surface area contributed by atoms with Gasteiger partial charge in [-0.25, -0.2) is 14.8 Å². The number of carbonyl (C=O) groups excluding carboxylic acids is 1. The fourth-order valence-electron chi connectivity index (χ4n) is 3.78. The van der Waals surface area contributed by atoms with E-state index in [4.69, 9.17) is 19.6 Å². The first-order valence-corrected chi connectivity index (χ1v) is 11.8. The number of amides is 1.